The number of fused-ring (bicyclic) bond motifs is 2. The van der Waals surface area contributed by atoms with Crippen molar-refractivity contribution in [2.24, 2.45) is 5.92 Å². The summed E-state index contributed by atoms with van der Waals surface area (Å²) in [6.45, 7) is 6.03. The molecule has 10 heteroatoms. The zero-order valence-corrected chi connectivity index (χ0v) is 15.5. The van der Waals surface area contributed by atoms with Gasteiger partial charge in [0.1, 0.15) is 4.60 Å². The minimum absolute atomic E-state index is 0.378. The molecule has 0 unspecified atom stereocenters. The third-order valence-corrected chi connectivity index (χ3v) is 4.98. The number of nitrogen functional groups attached to an aromatic ring is 1. The van der Waals surface area contributed by atoms with Gasteiger partial charge in [-0.2, -0.15) is 8.42 Å². The summed E-state index contributed by atoms with van der Waals surface area (Å²) in [6, 6.07) is 0.600. The fourth-order valence-corrected chi connectivity index (χ4v) is 4.06. The van der Waals surface area contributed by atoms with E-state index in [1.54, 1.807) is 0 Å². The first kappa shape index (κ1) is 19.3. The molecule has 24 heavy (non-hydrogen) atoms. The van der Waals surface area contributed by atoms with Crippen LogP contribution in [0.3, 0.4) is 0 Å². The van der Waals surface area contributed by atoms with E-state index in [1.807, 2.05) is 6.08 Å². The van der Waals surface area contributed by atoms with Gasteiger partial charge in [0.15, 0.2) is 0 Å². The maximum atomic E-state index is 8.74. The Balaban J connectivity index is 0.000000368. The highest BCUT2D eigenvalue weighted by Crippen LogP contribution is 2.36. The Bertz CT molecular complexity index is 705. The highest BCUT2D eigenvalue weighted by atomic mass is 79.9. The number of nitrogens with zero attached hydrogens (tertiary/aromatic N) is 3. The average Bonchev–Trinajstić information content (AvgIpc) is 2.44. The molecule has 1 aliphatic heterocycles. The lowest BCUT2D eigenvalue weighted by molar-refractivity contribution is 0.0960. The van der Waals surface area contributed by atoms with Gasteiger partial charge in [-0.3, -0.25) is 14.0 Å². The molecule has 1 fully saturated rings. The van der Waals surface area contributed by atoms with Gasteiger partial charge in [-0.15, -0.1) is 6.58 Å². The maximum absolute atomic E-state index is 8.74. The van der Waals surface area contributed by atoms with Gasteiger partial charge in [-0.25, -0.2) is 9.97 Å². The second-order valence-corrected chi connectivity index (χ2v) is 7.55. The standard InChI is InChI=1S/C14H19BrN4.H2O4S/c1-2-5-19-6-3-4-9-7-11-10(8-12(9)19)13(15)18-14(16)17-11;1-5(2,3)4/h2,9,12H,1,3-8H2,(H2,16,17,18);(H2,1,2,3,4)/t9-,12-;/m0./s1. The number of hydrogen-bond acceptors (Lipinski definition) is 6. The molecule has 0 spiro atoms. The fourth-order valence-electron chi connectivity index (χ4n) is 3.49. The van der Waals surface area contributed by atoms with Crippen LogP contribution in [0.4, 0.5) is 5.95 Å². The lowest BCUT2D eigenvalue weighted by Gasteiger charge is -2.44. The number of halogens is 1. The van der Waals surface area contributed by atoms with E-state index < -0.39 is 10.4 Å². The molecule has 4 N–H and O–H groups in total. The molecule has 0 amide bonds. The van der Waals surface area contributed by atoms with E-state index in [1.165, 1.54) is 24.9 Å². The molecule has 0 radical (unpaired) electrons. The molecule has 2 atom stereocenters. The quantitative estimate of drug-likeness (QED) is 0.373. The molecule has 8 nitrogen and oxygen atoms in total. The van der Waals surface area contributed by atoms with Crippen LogP contribution in [-0.4, -0.2) is 51.5 Å². The van der Waals surface area contributed by atoms with E-state index in [4.69, 9.17) is 23.3 Å². The highest BCUT2D eigenvalue weighted by molar-refractivity contribution is 9.10. The highest BCUT2D eigenvalue weighted by Gasteiger charge is 2.36. The largest absolute Gasteiger partial charge is 0.394 e. The zero-order valence-electron chi connectivity index (χ0n) is 13.1. The number of likely N-dealkylation sites (tertiary alicyclic amines) is 1. The molecular weight excluding hydrogens is 400 g/mol. The average molecular weight is 421 g/mol. The van der Waals surface area contributed by atoms with Crippen molar-refractivity contribution in [2.75, 3.05) is 18.8 Å². The van der Waals surface area contributed by atoms with Crippen LogP contribution in [0.25, 0.3) is 0 Å². The summed E-state index contributed by atoms with van der Waals surface area (Å²) in [5, 5.41) is 0. The number of aromatic nitrogens is 2. The van der Waals surface area contributed by atoms with Crippen LogP contribution in [0.2, 0.25) is 0 Å². The second kappa shape index (κ2) is 7.87. The summed E-state index contributed by atoms with van der Waals surface area (Å²) in [4.78, 5) is 11.2. The van der Waals surface area contributed by atoms with E-state index >= 15 is 0 Å². The van der Waals surface area contributed by atoms with Crippen molar-refractivity contribution in [1.29, 1.82) is 0 Å². The van der Waals surface area contributed by atoms with E-state index in [0.29, 0.717) is 17.9 Å². The molecule has 1 aromatic rings. The van der Waals surface area contributed by atoms with E-state index in [2.05, 4.69) is 37.4 Å². The maximum Gasteiger partial charge on any atom is 0.394 e. The van der Waals surface area contributed by atoms with Crippen molar-refractivity contribution < 1.29 is 17.5 Å². The topological polar surface area (TPSA) is 130 Å². The van der Waals surface area contributed by atoms with Crippen LogP contribution in [-0.2, 0) is 23.2 Å². The van der Waals surface area contributed by atoms with Gasteiger partial charge in [-0.05, 0) is 54.1 Å². The number of hydrogen-bond donors (Lipinski definition) is 3. The van der Waals surface area contributed by atoms with E-state index in [0.717, 1.165) is 29.7 Å². The van der Waals surface area contributed by atoms with Crippen LogP contribution in [0.15, 0.2) is 17.3 Å². The monoisotopic (exact) mass is 420 g/mol. The predicted molar refractivity (Wildman–Crippen MR) is 94.0 cm³/mol. The lowest BCUT2D eigenvalue weighted by atomic mass is 9.77. The summed E-state index contributed by atoms with van der Waals surface area (Å²) < 4.78 is 32.5. The third kappa shape index (κ3) is 5.21. The SMILES string of the molecule is C=CCN1CCC[C@H]2Cc3nc(N)nc(Br)c3C[C@@H]21.O=S(=O)(O)O. The van der Waals surface area contributed by atoms with Crippen molar-refractivity contribution in [1.82, 2.24) is 14.9 Å². The van der Waals surface area contributed by atoms with Crippen molar-refractivity contribution in [3.05, 3.63) is 28.5 Å². The molecule has 0 bridgehead atoms. The van der Waals surface area contributed by atoms with Crippen molar-refractivity contribution in [3.8, 4) is 0 Å². The van der Waals surface area contributed by atoms with Crippen LogP contribution >= 0.6 is 15.9 Å². The molecule has 0 saturated carbocycles. The van der Waals surface area contributed by atoms with Gasteiger partial charge >= 0.3 is 10.4 Å². The van der Waals surface area contributed by atoms with Crippen molar-refractivity contribution in [3.63, 3.8) is 0 Å². The van der Waals surface area contributed by atoms with Gasteiger partial charge < -0.3 is 5.73 Å². The molecule has 134 valence electrons. The number of rotatable bonds is 2. The Labute approximate surface area is 149 Å². The normalized spacial score (nSPS) is 23.5. The third-order valence-electron chi connectivity index (χ3n) is 4.33. The molecule has 0 aromatic carbocycles. The van der Waals surface area contributed by atoms with Crippen LogP contribution in [0, 0.1) is 5.92 Å². The first-order valence-corrected chi connectivity index (χ1v) is 9.73. The molecular formula is C14H21BrN4O4S. The number of nitrogens with two attached hydrogens (primary N) is 1. The van der Waals surface area contributed by atoms with Gasteiger partial charge in [0.05, 0.1) is 5.69 Å². The van der Waals surface area contributed by atoms with Crippen LogP contribution in [0.5, 0.6) is 0 Å². The molecule has 1 aromatic heterocycles. The fraction of sp³-hybridized carbons (Fsp3) is 0.571. The van der Waals surface area contributed by atoms with Gasteiger partial charge in [0, 0.05) is 18.2 Å². The predicted octanol–water partition coefficient (Wildman–Crippen LogP) is 1.53. The Morgan fingerprint density at radius 1 is 1.38 bits per heavy atom. The summed E-state index contributed by atoms with van der Waals surface area (Å²) in [7, 11) is -4.67. The summed E-state index contributed by atoms with van der Waals surface area (Å²) >= 11 is 3.54. The first-order chi connectivity index (χ1) is 11.2. The van der Waals surface area contributed by atoms with Gasteiger partial charge in [0.2, 0.25) is 5.95 Å². The zero-order chi connectivity index (χ0) is 17.9. The van der Waals surface area contributed by atoms with E-state index in [-0.39, 0.29) is 0 Å². The Morgan fingerprint density at radius 3 is 2.67 bits per heavy atom. The van der Waals surface area contributed by atoms with Gasteiger partial charge in [-0.1, -0.05) is 6.08 Å². The summed E-state index contributed by atoms with van der Waals surface area (Å²) in [5.41, 5.74) is 8.13. The second-order valence-electron chi connectivity index (χ2n) is 5.91. The van der Waals surface area contributed by atoms with Crippen LogP contribution < -0.4 is 5.73 Å². The smallest absolute Gasteiger partial charge is 0.368 e. The van der Waals surface area contributed by atoms with E-state index in [9.17, 15) is 0 Å². The molecule has 2 heterocycles. The lowest BCUT2D eigenvalue weighted by Crippen LogP contribution is -2.49. The Morgan fingerprint density at radius 2 is 2.04 bits per heavy atom. The van der Waals surface area contributed by atoms with Crippen LogP contribution in [0.1, 0.15) is 24.1 Å². The Kier molecular flexibility index (Phi) is 6.32. The molecule has 1 saturated heterocycles. The minimum Gasteiger partial charge on any atom is -0.368 e. The van der Waals surface area contributed by atoms with Crippen molar-refractivity contribution in [2.45, 2.75) is 31.7 Å². The number of piperidine rings is 1. The molecule has 3 rings (SSSR count). The first-order valence-electron chi connectivity index (χ1n) is 7.54. The van der Waals surface area contributed by atoms with Crippen molar-refractivity contribution >= 4 is 32.3 Å². The molecule has 1 aliphatic carbocycles. The summed E-state index contributed by atoms with van der Waals surface area (Å²) in [5.74, 6) is 1.07. The Hall–Kier alpha value is -1.07. The minimum atomic E-state index is -4.67. The number of anilines is 1. The molecule has 2 aliphatic rings. The summed E-state index contributed by atoms with van der Waals surface area (Å²) in [6.07, 6.45) is 6.62. The van der Waals surface area contributed by atoms with Gasteiger partial charge in [0.25, 0.3) is 0 Å².